The Hall–Kier alpha value is -4.15. The van der Waals surface area contributed by atoms with Crippen molar-refractivity contribution in [2.45, 2.75) is 13.5 Å². The van der Waals surface area contributed by atoms with Gasteiger partial charge in [-0.25, -0.2) is 14.3 Å². The quantitative estimate of drug-likeness (QED) is 0.488. The van der Waals surface area contributed by atoms with Crippen LogP contribution in [0, 0.1) is 6.92 Å². The fourth-order valence-corrected chi connectivity index (χ4v) is 2.40. The van der Waals surface area contributed by atoms with Crippen molar-refractivity contribution in [1.29, 1.82) is 0 Å². The number of nitrogens with zero attached hydrogens (tertiary/aromatic N) is 7. The van der Waals surface area contributed by atoms with Crippen molar-refractivity contribution in [3.8, 4) is 0 Å². The average Bonchev–Trinajstić information content (AvgIpc) is 3.12. The summed E-state index contributed by atoms with van der Waals surface area (Å²) in [6.45, 7) is 1.62. The maximum atomic E-state index is 12.3. The molecule has 28 heavy (non-hydrogen) atoms. The van der Waals surface area contributed by atoms with Gasteiger partial charge in [0.2, 0.25) is 11.9 Å². The Labute approximate surface area is 158 Å². The standard InChI is InChI=1S/C17H15N9O2/c1-10-7-8-19-17-23-13(25-26(10)17)14(27)28-9-12-21-15(18)24-16(22-12)20-11-5-3-2-4-6-11/h2-8H,9H2,1H3,(H3,18,20,21,22,24). The van der Waals surface area contributed by atoms with Gasteiger partial charge in [0.25, 0.3) is 11.6 Å². The van der Waals surface area contributed by atoms with E-state index in [9.17, 15) is 4.79 Å². The molecule has 0 unspecified atom stereocenters. The number of carbonyl (C=O) groups excluding carboxylic acids is 1. The molecule has 140 valence electrons. The highest BCUT2D eigenvalue weighted by atomic mass is 16.5. The second-order valence-electron chi connectivity index (χ2n) is 5.73. The molecule has 0 atom stereocenters. The smallest absolute Gasteiger partial charge is 0.378 e. The first-order valence-corrected chi connectivity index (χ1v) is 8.26. The van der Waals surface area contributed by atoms with Crippen molar-refractivity contribution in [1.82, 2.24) is 34.5 Å². The summed E-state index contributed by atoms with van der Waals surface area (Å²) in [5.41, 5.74) is 7.29. The number of aromatic nitrogens is 7. The Morgan fingerprint density at radius 2 is 1.96 bits per heavy atom. The zero-order chi connectivity index (χ0) is 19.5. The molecule has 11 nitrogen and oxygen atoms in total. The van der Waals surface area contributed by atoms with E-state index < -0.39 is 5.97 Å². The number of nitrogens with two attached hydrogens (primary N) is 1. The molecule has 0 saturated carbocycles. The van der Waals surface area contributed by atoms with Gasteiger partial charge < -0.3 is 15.8 Å². The zero-order valence-electron chi connectivity index (χ0n) is 14.8. The first-order chi connectivity index (χ1) is 13.6. The molecule has 0 bridgehead atoms. The molecule has 0 aliphatic carbocycles. The molecule has 0 amide bonds. The third-order valence-corrected chi connectivity index (χ3v) is 3.67. The minimum atomic E-state index is -0.721. The predicted molar refractivity (Wildman–Crippen MR) is 98.6 cm³/mol. The van der Waals surface area contributed by atoms with Crippen LogP contribution in [0.1, 0.15) is 22.1 Å². The van der Waals surface area contributed by atoms with Crippen molar-refractivity contribution in [3.63, 3.8) is 0 Å². The number of rotatable bonds is 5. The Bertz CT molecular complexity index is 1140. The molecular formula is C17H15N9O2. The Balaban J connectivity index is 1.48. The number of para-hydroxylation sites is 1. The van der Waals surface area contributed by atoms with Gasteiger partial charge in [0.05, 0.1) is 0 Å². The molecule has 4 aromatic rings. The summed E-state index contributed by atoms with van der Waals surface area (Å²) < 4.78 is 6.66. The molecule has 0 saturated heterocycles. The molecule has 0 fully saturated rings. The number of hydrogen-bond acceptors (Lipinski definition) is 10. The minimum Gasteiger partial charge on any atom is -0.452 e. The van der Waals surface area contributed by atoms with E-state index in [4.69, 9.17) is 10.5 Å². The Morgan fingerprint density at radius 1 is 1.14 bits per heavy atom. The van der Waals surface area contributed by atoms with Crippen molar-refractivity contribution < 1.29 is 9.53 Å². The number of anilines is 3. The summed E-state index contributed by atoms with van der Waals surface area (Å²) in [5, 5.41) is 7.10. The average molecular weight is 377 g/mol. The van der Waals surface area contributed by atoms with Gasteiger partial charge in [-0.3, -0.25) is 0 Å². The Kier molecular flexibility index (Phi) is 4.46. The molecule has 0 spiro atoms. The van der Waals surface area contributed by atoms with E-state index in [-0.39, 0.29) is 30.2 Å². The monoisotopic (exact) mass is 377 g/mol. The van der Waals surface area contributed by atoms with E-state index in [0.717, 1.165) is 11.4 Å². The summed E-state index contributed by atoms with van der Waals surface area (Å²) >= 11 is 0. The third kappa shape index (κ3) is 3.67. The fourth-order valence-electron chi connectivity index (χ4n) is 2.40. The largest absolute Gasteiger partial charge is 0.452 e. The van der Waals surface area contributed by atoms with Gasteiger partial charge in [0.15, 0.2) is 12.4 Å². The number of aryl methyl sites for hydroxylation is 1. The molecule has 3 N–H and O–H groups in total. The van der Waals surface area contributed by atoms with E-state index in [1.165, 1.54) is 4.52 Å². The van der Waals surface area contributed by atoms with Crippen LogP contribution in [-0.2, 0) is 11.3 Å². The SMILES string of the molecule is Cc1ccnc2nc(C(=O)OCc3nc(N)nc(Nc4ccccc4)n3)nn12. The zero-order valence-corrected chi connectivity index (χ0v) is 14.8. The highest BCUT2D eigenvalue weighted by molar-refractivity contribution is 5.85. The molecule has 3 heterocycles. The molecular weight excluding hydrogens is 362 g/mol. The van der Waals surface area contributed by atoms with Crippen LogP contribution in [0.15, 0.2) is 42.6 Å². The van der Waals surface area contributed by atoms with Gasteiger partial charge in [-0.15, -0.1) is 5.10 Å². The van der Waals surface area contributed by atoms with Crippen LogP contribution in [-0.4, -0.2) is 40.5 Å². The molecule has 11 heteroatoms. The second-order valence-corrected chi connectivity index (χ2v) is 5.73. The molecule has 3 aromatic heterocycles. The van der Waals surface area contributed by atoms with Crippen molar-refractivity contribution in [2.24, 2.45) is 0 Å². The van der Waals surface area contributed by atoms with Crippen molar-refractivity contribution >= 4 is 29.3 Å². The maximum absolute atomic E-state index is 12.3. The number of nitrogen functional groups attached to an aromatic ring is 1. The van der Waals surface area contributed by atoms with E-state index >= 15 is 0 Å². The number of fused-ring (bicyclic) bond motifs is 1. The van der Waals surface area contributed by atoms with Gasteiger partial charge in [-0.05, 0) is 25.1 Å². The van der Waals surface area contributed by atoms with Crippen LogP contribution in [0.25, 0.3) is 5.78 Å². The van der Waals surface area contributed by atoms with Gasteiger partial charge in [-0.2, -0.15) is 19.9 Å². The van der Waals surface area contributed by atoms with Crippen molar-refractivity contribution in [2.75, 3.05) is 11.1 Å². The lowest BCUT2D eigenvalue weighted by Gasteiger charge is -2.07. The van der Waals surface area contributed by atoms with E-state index in [1.54, 1.807) is 12.3 Å². The highest BCUT2D eigenvalue weighted by Crippen LogP contribution is 2.13. The van der Waals surface area contributed by atoms with Gasteiger partial charge in [0, 0.05) is 17.6 Å². The molecule has 0 radical (unpaired) electrons. The lowest BCUT2D eigenvalue weighted by Crippen LogP contribution is -2.12. The summed E-state index contributed by atoms with van der Waals surface area (Å²) in [6, 6.07) is 11.1. The molecule has 0 aliphatic rings. The lowest BCUT2D eigenvalue weighted by atomic mass is 10.3. The summed E-state index contributed by atoms with van der Waals surface area (Å²) in [5.74, 6) is -0.0726. The number of carbonyl (C=O) groups is 1. The summed E-state index contributed by atoms with van der Waals surface area (Å²) in [7, 11) is 0. The highest BCUT2D eigenvalue weighted by Gasteiger charge is 2.17. The van der Waals surface area contributed by atoms with Crippen LogP contribution in [0.2, 0.25) is 0 Å². The number of hydrogen-bond donors (Lipinski definition) is 2. The molecule has 0 aliphatic heterocycles. The third-order valence-electron chi connectivity index (χ3n) is 3.67. The fraction of sp³-hybridized carbons (Fsp3) is 0.118. The summed E-state index contributed by atoms with van der Waals surface area (Å²) in [6.07, 6.45) is 1.59. The molecule has 4 rings (SSSR count). The van der Waals surface area contributed by atoms with Gasteiger partial charge in [-0.1, -0.05) is 18.2 Å². The van der Waals surface area contributed by atoms with Crippen LogP contribution in [0.4, 0.5) is 17.6 Å². The number of nitrogens with one attached hydrogen (secondary N) is 1. The lowest BCUT2D eigenvalue weighted by molar-refractivity contribution is 0.0448. The van der Waals surface area contributed by atoms with Crippen LogP contribution < -0.4 is 11.1 Å². The van der Waals surface area contributed by atoms with Crippen LogP contribution >= 0.6 is 0 Å². The second kappa shape index (κ2) is 7.23. The minimum absolute atomic E-state index is 0.00478. The molecule has 1 aromatic carbocycles. The predicted octanol–water partition coefficient (Wildman–Crippen LogP) is 1.30. The summed E-state index contributed by atoms with van der Waals surface area (Å²) in [4.78, 5) is 32.6. The van der Waals surface area contributed by atoms with E-state index in [1.807, 2.05) is 37.3 Å². The number of esters is 1. The number of benzene rings is 1. The first kappa shape index (κ1) is 17.3. The first-order valence-electron chi connectivity index (χ1n) is 8.26. The van der Waals surface area contributed by atoms with Crippen LogP contribution in [0.5, 0.6) is 0 Å². The Morgan fingerprint density at radius 3 is 2.75 bits per heavy atom. The topological polar surface area (TPSA) is 146 Å². The number of ether oxygens (including phenoxy) is 1. The van der Waals surface area contributed by atoms with Crippen LogP contribution in [0.3, 0.4) is 0 Å². The van der Waals surface area contributed by atoms with E-state index in [2.05, 4.69) is 35.3 Å². The maximum Gasteiger partial charge on any atom is 0.378 e. The normalized spacial score (nSPS) is 10.8. The van der Waals surface area contributed by atoms with Gasteiger partial charge >= 0.3 is 5.97 Å². The van der Waals surface area contributed by atoms with E-state index in [0.29, 0.717) is 5.78 Å². The van der Waals surface area contributed by atoms with Gasteiger partial charge in [0.1, 0.15) is 0 Å². The van der Waals surface area contributed by atoms with Crippen molar-refractivity contribution in [3.05, 3.63) is 59.9 Å².